The summed E-state index contributed by atoms with van der Waals surface area (Å²) in [5.41, 5.74) is 1.24. The number of hydrogen-bond donors (Lipinski definition) is 2. The molecule has 0 amide bonds. The Morgan fingerprint density at radius 3 is 1.17 bits per heavy atom. The van der Waals surface area contributed by atoms with Gasteiger partial charge in [-0.2, -0.15) is 8.42 Å². The van der Waals surface area contributed by atoms with E-state index in [4.69, 9.17) is 9.47 Å². The molecule has 10 nitrogen and oxygen atoms in total. The van der Waals surface area contributed by atoms with Crippen molar-refractivity contribution >= 4 is 58.0 Å². The Hall–Kier alpha value is -2.84. The normalized spacial score (nSPS) is 11.4. The van der Waals surface area contributed by atoms with Crippen molar-refractivity contribution in [1.82, 2.24) is 0 Å². The van der Waals surface area contributed by atoms with Gasteiger partial charge in [-0.05, 0) is 79.3 Å². The number of aryl methyl sites for hydroxylation is 2. The number of unbranched alkanes of at least 4 members (excludes halogenated alkanes) is 20. The van der Waals surface area contributed by atoms with E-state index in [1.165, 1.54) is 121 Å². The van der Waals surface area contributed by atoms with Crippen molar-refractivity contribution in [2.24, 2.45) is 0 Å². The standard InChI is InChI=1S/2C25H36O5S.Ca/c2*1-2-3-4-5-6-7-8-9-10-11-13-16-21-19-25(31(27,28)29)23(26)20-24(21)30-22-17-14-12-15-18-22;/h2*12,14-15,17-20,26H,2-11,13,16H2,1H3,(H,27,28,29);/q;;+2/p-2. The minimum Gasteiger partial charge on any atom is -0.872 e. The molecule has 0 spiro atoms. The molecular formula is C50H70CaO10S2. The second kappa shape index (κ2) is 31.9. The number of phenols is 1. The van der Waals surface area contributed by atoms with Gasteiger partial charge in [-0.1, -0.05) is 184 Å². The van der Waals surface area contributed by atoms with E-state index in [9.17, 15) is 36.2 Å². The van der Waals surface area contributed by atoms with Crippen LogP contribution in [0.2, 0.25) is 0 Å². The first-order valence-electron chi connectivity index (χ1n) is 22.9. The first-order chi connectivity index (χ1) is 29.8. The van der Waals surface area contributed by atoms with Gasteiger partial charge in [0.2, 0.25) is 0 Å². The minimum atomic E-state index is -4.82. The average Bonchev–Trinajstić information content (AvgIpc) is 3.23. The summed E-state index contributed by atoms with van der Waals surface area (Å²) in [5, 5.41) is 22.2. The number of phenolic OH excluding ortho intramolecular Hbond substituents is 1. The van der Waals surface area contributed by atoms with Gasteiger partial charge in [-0.25, -0.2) is 8.42 Å². The Kier molecular flexibility index (Phi) is 28.5. The molecule has 0 unspecified atom stereocenters. The Bertz CT molecular complexity index is 1910. The number of hydrogen-bond acceptors (Lipinski definition) is 9. The van der Waals surface area contributed by atoms with E-state index in [1.54, 1.807) is 24.3 Å². The van der Waals surface area contributed by atoms with E-state index in [0.29, 0.717) is 47.0 Å². The van der Waals surface area contributed by atoms with Gasteiger partial charge in [0.15, 0.2) is 0 Å². The van der Waals surface area contributed by atoms with E-state index < -0.39 is 41.5 Å². The molecule has 0 aliphatic rings. The van der Waals surface area contributed by atoms with Crippen molar-refractivity contribution < 1.29 is 45.6 Å². The van der Waals surface area contributed by atoms with Crippen LogP contribution >= 0.6 is 0 Å². The molecule has 4 aromatic carbocycles. The Balaban J connectivity index is 0.000000427. The van der Waals surface area contributed by atoms with Gasteiger partial charge >= 0.3 is 37.7 Å². The molecular weight excluding hydrogens is 865 g/mol. The fourth-order valence-corrected chi connectivity index (χ4v) is 8.55. The second-order valence-electron chi connectivity index (χ2n) is 16.2. The van der Waals surface area contributed by atoms with Crippen molar-refractivity contribution in [3.05, 3.63) is 96.1 Å². The topological polar surface area (TPSA) is 173 Å². The van der Waals surface area contributed by atoms with Gasteiger partial charge in [0.05, 0.1) is 0 Å². The van der Waals surface area contributed by atoms with E-state index in [0.717, 1.165) is 44.6 Å². The zero-order chi connectivity index (χ0) is 45.1. The number of benzene rings is 4. The number of ether oxygens (including phenoxy) is 2. The maximum atomic E-state index is 12.1. The summed E-state index contributed by atoms with van der Waals surface area (Å²) < 4.78 is 78.6. The molecule has 0 saturated carbocycles. The molecule has 0 fully saturated rings. The van der Waals surface area contributed by atoms with Crippen LogP contribution in [0.25, 0.3) is 0 Å². The molecule has 63 heavy (non-hydrogen) atoms. The molecule has 344 valence electrons. The summed E-state index contributed by atoms with van der Waals surface area (Å²) in [4.78, 5) is -1.18. The molecule has 4 rings (SSSR count). The number of aromatic hydroxyl groups is 1. The molecule has 0 aromatic heterocycles. The molecule has 0 aliphatic heterocycles. The van der Waals surface area contributed by atoms with Crippen LogP contribution < -0.4 is 14.6 Å². The van der Waals surface area contributed by atoms with Gasteiger partial charge < -0.3 is 24.2 Å². The van der Waals surface area contributed by atoms with E-state index in [1.807, 2.05) is 36.4 Å². The van der Waals surface area contributed by atoms with Gasteiger partial charge in [0.1, 0.15) is 43.8 Å². The summed E-state index contributed by atoms with van der Waals surface area (Å²) in [6.07, 6.45) is 28.0. The van der Waals surface area contributed by atoms with E-state index >= 15 is 0 Å². The third-order valence-electron chi connectivity index (χ3n) is 10.9. The summed E-state index contributed by atoms with van der Waals surface area (Å²) in [6, 6.07) is 23.0. The molecule has 0 bridgehead atoms. The third kappa shape index (κ3) is 23.3. The average molecular weight is 935 g/mol. The van der Waals surface area contributed by atoms with Gasteiger partial charge in [-0.3, -0.25) is 4.55 Å². The minimum absolute atomic E-state index is 0. The van der Waals surface area contributed by atoms with Crippen molar-refractivity contribution in [1.29, 1.82) is 0 Å². The van der Waals surface area contributed by atoms with Crippen LogP contribution in [0.5, 0.6) is 34.5 Å². The molecule has 0 atom stereocenters. The Labute approximate surface area is 408 Å². The fraction of sp³-hybridized carbons (Fsp3) is 0.520. The maximum Gasteiger partial charge on any atom is 2.00 e. The predicted octanol–water partition coefficient (Wildman–Crippen LogP) is 13.2. The molecule has 0 radical (unpaired) electrons. The first-order valence-corrected chi connectivity index (χ1v) is 25.8. The van der Waals surface area contributed by atoms with Gasteiger partial charge in [0.25, 0.3) is 10.1 Å². The monoisotopic (exact) mass is 934 g/mol. The number of para-hydroxylation sites is 2. The largest absolute Gasteiger partial charge is 2.00 e. The van der Waals surface area contributed by atoms with Crippen LogP contribution in [-0.4, -0.2) is 68.8 Å². The second-order valence-corrected chi connectivity index (χ2v) is 18.9. The zero-order valence-corrected chi connectivity index (χ0v) is 41.6. The first kappa shape index (κ1) is 56.3. The predicted molar refractivity (Wildman–Crippen MR) is 251 cm³/mol. The maximum absolute atomic E-state index is 12.1. The fourth-order valence-electron chi connectivity index (χ4n) is 7.35. The molecule has 13 heteroatoms. The Morgan fingerprint density at radius 1 is 0.492 bits per heavy atom. The molecule has 4 aromatic rings. The van der Waals surface area contributed by atoms with E-state index in [2.05, 4.69) is 13.8 Å². The number of rotatable bonds is 30. The molecule has 0 aliphatic carbocycles. The summed E-state index contributed by atoms with van der Waals surface area (Å²) >= 11 is 0. The van der Waals surface area contributed by atoms with Gasteiger partial charge in [0, 0.05) is 11.0 Å². The molecule has 0 heterocycles. The van der Waals surface area contributed by atoms with Crippen LogP contribution in [0.1, 0.15) is 166 Å². The SMILES string of the molecule is CCCCCCCCCCCCCc1cc(S(=O)(=O)O)c(O)cc1Oc1ccccc1.CCCCCCCCCCCCCc1cc(S(=O)(=O)[O-])c([O-])cc1Oc1ccccc1.[Ca+2]. The third-order valence-corrected chi connectivity index (χ3v) is 12.6. The van der Waals surface area contributed by atoms with Crippen molar-refractivity contribution in [3.63, 3.8) is 0 Å². The van der Waals surface area contributed by atoms with Crippen LogP contribution in [0.3, 0.4) is 0 Å². The summed E-state index contributed by atoms with van der Waals surface area (Å²) in [7, 11) is -9.32. The van der Waals surface area contributed by atoms with Crippen molar-refractivity contribution in [3.8, 4) is 34.5 Å². The van der Waals surface area contributed by atoms with E-state index in [-0.39, 0.29) is 37.7 Å². The summed E-state index contributed by atoms with van der Waals surface area (Å²) in [6.45, 7) is 4.46. The van der Waals surface area contributed by atoms with Crippen LogP contribution in [0.4, 0.5) is 0 Å². The molecule has 0 saturated heterocycles. The zero-order valence-electron chi connectivity index (χ0n) is 37.7. The van der Waals surface area contributed by atoms with Gasteiger partial charge in [-0.15, -0.1) is 0 Å². The van der Waals surface area contributed by atoms with Crippen LogP contribution in [-0.2, 0) is 33.1 Å². The smallest absolute Gasteiger partial charge is 0.872 e. The van der Waals surface area contributed by atoms with Crippen molar-refractivity contribution in [2.45, 2.75) is 178 Å². The van der Waals surface area contributed by atoms with Crippen LogP contribution in [0, 0.1) is 0 Å². The quantitative estimate of drug-likeness (QED) is 0.0291. The summed E-state index contributed by atoms with van der Waals surface area (Å²) in [5.74, 6) is 0.528. The molecule has 2 N–H and O–H groups in total. The van der Waals surface area contributed by atoms with Crippen molar-refractivity contribution in [2.75, 3.05) is 0 Å². The van der Waals surface area contributed by atoms with Crippen LogP contribution in [0.15, 0.2) is 94.7 Å². The Morgan fingerprint density at radius 2 is 0.825 bits per heavy atom.